The zero-order valence-corrected chi connectivity index (χ0v) is 17.3. The molecule has 0 bridgehead atoms. The summed E-state index contributed by atoms with van der Waals surface area (Å²) in [7, 11) is 1.58. The quantitative estimate of drug-likeness (QED) is 0.737. The van der Waals surface area contributed by atoms with E-state index in [-0.39, 0.29) is 0 Å². The van der Waals surface area contributed by atoms with Crippen molar-refractivity contribution in [3.63, 3.8) is 0 Å². The topological polar surface area (TPSA) is 60.0 Å². The van der Waals surface area contributed by atoms with Gasteiger partial charge in [0.1, 0.15) is 0 Å². The van der Waals surface area contributed by atoms with E-state index in [4.69, 9.17) is 22.1 Å². The van der Waals surface area contributed by atoms with Crippen molar-refractivity contribution in [1.82, 2.24) is 0 Å². The van der Waals surface area contributed by atoms with E-state index in [1.807, 2.05) is 18.2 Å². The standard InChI is InChI=1S/C23H26ClN3O/c1-15(2)17-8-10-18(11-9-17)21-5-4-6-22(27-23(26-21)28-3)19-13-16(14-25)7-12-20(19)24/h6-13,15H,4-5,14,25H2,1-3H3/b22-6+,26-21+,27-23+. The molecule has 4 nitrogen and oxygen atoms in total. The first-order valence-corrected chi connectivity index (χ1v) is 9.89. The third-order valence-electron chi connectivity index (χ3n) is 4.80. The average Bonchev–Trinajstić information content (AvgIpc) is 2.69. The molecule has 0 saturated heterocycles. The fraction of sp³-hybridized carbons (Fsp3) is 0.304. The number of methoxy groups -OCH3 is 1. The molecule has 0 radical (unpaired) electrons. The molecular weight excluding hydrogens is 370 g/mol. The minimum Gasteiger partial charge on any atom is -0.467 e. The van der Waals surface area contributed by atoms with Gasteiger partial charge in [-0.05, 0) is 47.6 Å². The van der Waals surface area contributed by atoms with Crippen LogP contribution in [0.5, 0.6) is 0 Å². The normalized spacial score (nSPS) is 20.3. The van der Waals surface area contributed by atoms with E-state index < -0.39 is 0 Å². The smallest absolute Gasteiger partial charge is 0.316 e. The van der Waals surface area contributed by atoms with Crippen LogP contribution < -0.4 is 5.73 Å². The lowest BCUT2D eigenvalue weighted by Crippen LogP contribution is -2.09. The molecule has 0 amide bonds. The van der Waals surface area contributed by atoms with Crippen LogP contribution in [0.25, 0.3) is 5.70 Å². The Morgan fingerprint density at radius 3 is 2.50 bits per heavy atom. The van der Waals surface area contributed by atoms with Gasteiger partial charge in [-0.25, -0.2) is 0 Å². The first-order chi connectivity index (χ1) is 13.5. The number of rotatable bonds is 4. The highest BCUT2D eigenvalue weighted by Crippen LogP contribution is 2.28. The van der Waals surface area contributed by atoms with Crippen molar-refractivity contribution in [2.24, 2.45) is 15.7 Å². The van der Waals surface area contributed by atoms with Gasteiger partial charge in [0.15, 0.2) is 0 Å². The lowest BCUT2D eigenvalue weighted by Gasteiger charge is -2.14. The molecule has 5 heteroatoms. The van der Waals surface area contributed by atoms with E-state index >= 15 is 0 Å². The number of halogens is 1. The lowest BCUT2D eigenvalue weighted by molar-refractivity contribution is 0.397. The van der Waals surface area contributed by atoms with Crippen LogP contribution in [0.4, 0.5) is 0 Å². The number of amidine groups is 1. The number of nitrogens with two attached hydrogens (primary N) is 1. The molecule has 2 N–H and O–H groups in total. The highest BCUT2D eigenvalue weighted by atomic mass is 35.5. The van der Waals surface area contributed by atoms with Crippen molar-refractivity contribution in [3.05, 3.63) is 75.8 Å². The largest absolute Gasteiger partial charge is 0.467 e. The van der Waals surface area contributed by atoms with Crippen LogP contribution in [-0.4, -0.2) is 18.8 Å². The summed E-state index contributed by atoms with van der Waals surface area (Å²) < 4.78 is 5.44. The maximum atomic E-state index is 6.41. The zero-order chi connectivity index (χ0) is 20.1. The molecule has 2 aromatic carbocycles. The molecule has 0 saturated carbocycles. The first kappa shape index (κ1) is 20.3. The number of nitrogens with zero attached hydrogens (tertiary/aromatic N) is 2. The number of hydrogen-bond acceptors (Lipinski definition) is 4. The van der Waals surface area contributed by atoms with Crippen LogP contribution in [0.2, 0.25) is 5.02 Å². The second-order valence-corrected chi connectivity index (χ2v) is 7.49. The highest BCUT2D eigenvalue weighted by Gasteiger charge is 2.14. The molecule has 28 heavy (non-hydrogen) atoms. The number of allylic oxidation sites excluding steroid dienone is 1. The average molecular weight is 396 g/mol. The Morgan fingerprint density at radius 1 is 1.11 bits per heavy atom. The van der Waals surface area contributed by atoms with Gasteiger partial charge in [-0.2, -0.15) is 9.98 Å². The maximum absolute atomic E-state index is 6.41. The van der Waals surface area contributed by atoms with Crippen LogP contribution >= 0.6 is 11.6 Å². The molecule has 1 aliphatic rings. The van der Waals surface area contributed by atoms with E-state index in [1.165, 1.54) is 5.56 Å². The van der Waals surface area contributed by atoms with Crippen molar-refractivity contribution in [3.8, 4) is 0 Å². The van der Waals surface area contributed by atoms with E-state index in [9.17, 15) is 0 Å². The van der Waals surface area contributed by atoms with Gasteiger partial charge in [0, 0.05) is 17.1 Å². The van der Waals surface area contributed by atoms with Gasteiger partial charge in [0.25, 0.3) is 0 Å². The number of hydrogen-bond donors (Lipinski definition) is 1. The van der Waals surface area contributed by atoms with E-state index in [2.05, 4.69) is 54.2 Å². The predicted molar refractivity (Wildman–Crippen MR) is 118 cm³/mol. The lowest BCUT2D eigenvalue weighted by atomic mass is 9.98. The van der Waals surface area contributed by atoms with Gasteiger partial charge >= 0.3 is 6.02 Å². The molecule has 0 atom stereocenters. The molecule has 3 rings (SSSR count). The Labute approximate surface area is 171 Å². The van der Waals surface area contributed by atoms with E-state index in [0.29, 0.717) is 23.5 Å². The van der Waals surface area contributed by atoms with Crippen molar-refractivity contribution in [1.29, 1.82) is 0 Å². The van der Waals surface area contributed by atoms with Gasteiger partial charge in [-0.1, -0.05) is 61.9 Å². The van der Waals surface area contributed by atoms with Gasteiger partial charge in [0.05, 0.1) is 18.5 Å². The second kappa shape index (κ2) is 9.18. The summed E-state index contributed by atoms with van der Waals surface area (Å²) in [5, 5.41) is 0.636. The fourth-order valence-electron chi connectivity index (χ4n) is 3.12. The first-order valence-electron chi connectivity index (χ1n) is 9.51. The molecule has 0 spiro atoms. The third-order valence-corrected chi connectivity index (χ3v) is 5.13. The molecule has 0 aromatic heterocycles. The zero-order valence-electron chi connectivity index (χ0n) is 16.6. The van der Waals surface area contributed by atoms with Gasteiger partial charge < -0.3 is 10.5 Å². The molecule has 0 aliphatic carbocycles. The number of aliphatic imine (C=N–C) groups is 2. The molecule has 1 aliphatic heterocycles. The Morgan fingerprint density at radius 2 is 1.86 bits per heavy atom. The molecule has 1 heterocycles. The Bertz CT molecular complexity index is 927. The second-order valence-electron chi connectivity index (χ2n) is 7.08. The Kier molecular flexibility index (Phi) is 6.65. The van der Waals surface area contributed by atoms with Crippen molar-refractivity contribution in [2.75, 3.05) is 7.11 Å². The summed E-state index contributed by atoms with van der Waals surface area (Å²) in [6, 6.07) is 14.6. The summed E-state index contributed by atoms with van der Waals surface area (Å²) in [4.78, 5) is 9.31. The Hall–Kier alpha value is -2.43. The Balaban J connectivity index is 1.96. The summed E-state index contributed by atoms with van der Waals surface area (Å²) in [5.41, 5.74) is 11.8. The fourth-order valence-corrected chi connectivity index (χ4v) is 3.33. The van der Waals surface area contributed by atoms with Crippen LogP contribution in [0, 0.1) is 0 Å². The summed E-state index contributed by atoms with van der Waals surface area (Å²) in [6.07, 6.45) is 3.68. The molecule has 2 aromatic rings. The van der Waals surface area contributed by atoms with Crippen molar-refractivity contribution in [2.45, 2.75) is 39.2 Å². The summed E-state index contributed by atoms with van der Waals surface area (Å²) in [5.74, 6) is 0.504. The SMILES string of the molecule is COC1=N/C(c2cc(CN)ccc2Cl)=C/CC/C(c2ccc(C(C)C)cc2)=N\1. The van der Waals surface area contributed by atoms with Crippen LogP contribution in [-0.2, 0) is 11.3 Å². The molecular formula is C23H26ClN3O. The van der Waals surface area contributed by atoms with Crippen molar-refractivity contribution < 1.29 is 4.74 Å². The van der Waals surface area contributed by atoms with Gasteiger partial charge in [-0.15, -0.1) is 0 Å². The van der Waals surface area contributed by atoms with Crippen LogP contribution in [0.15, 0.2) is 58.5 Å². The maximum Gasteiger partial charge on any atom is 0.316 e. The number of benzene rings is 2. The monoisotopic (exact) mass is 395 g/mol. The minimum absolute atomic E-state index is 0.322. The van der Waals surface area contributed by atoms with Gasteiger partial charge in [0.2, 0.25) is 0 Å². The molecule has 146 valence electrons. The minimum atomic E-state index is 0.322. The van der Waals surface area contributed by atoms with Crippen LogP contribution in [0.3, 0.4) is 0 Å². The number of ether oxygens (including phenoxy) is 1. The van der Waals surface area contributed by atoms with Crippen LogP contribution in [0.1, 0.15) is 54.9 Å². The third kappa shape index (κ3) is 4.70. The molecule has 0 fully saturated rings. The predicted octanol–water partition coefficient (Wildman–Crippen LogP) is 5.55. The summed E-state index contributed by atoms with van der Waals surface area (Å²) >= 11 is 6.41. The summed E-state index contributed by atoms with van der Waals surface area (Å²) in [6.45, 7) is 4.83. The van der Waals surface area contributed by atoms with Gasteiger partial charge in [-0.3, -0.25) is 0 Å². The van der Waals surface area contributed by atoms with E-state index in [0.717, 1.165) is 40.9 Å². The van der Waals surface area contributed by atoms with Crippen molar-refractivity contribution >= 4 is 29.0 Å². The highest BCUT2D eigenvalue weighted by molar-refractivity contribution is 6.32. The molecule has 0 unspecified atom stereocenters. The van der Waals surface area contributed by atoms with E-state index in [1.54, 1.807) is 7.11 Å².